The van der Waals surface area contributed by atoms with E-state index in [0.29, 0.717) is 5.92 Å². The lowest BCUT2D eigenvalue weighted by atomic mass is 9.97. The fraction of sp³-hybridized carbons (Fsp3) is 0.652. The predicted molar refractivity (Wildman–Crippen MR) is 138 cm³/mol. The van der Waals surface area contributed by atoms with Gasteiger partial charge in [0.25, 0.3) is 0 Å². The molecule has 1 aromatic carbocycles. The molecule has 174 valence electrons. The Labute approximate surface area is 204 Å². The van der Waals surface area contributed by atoms with Crippen LogP contribution < -0.4 is 10.2 Å². The van der Waals surface area contributed by atoms with Crippen LogP contribution in [-0.4, -0.2) is 80.3 Å². The molecule has 31 heavy (non-hydrogen) atoms. The fourth-order valence-electron chi connectivity index (χ4n) is 4.03. The van der Waals surface area contributed by atoms with E-state index >= 15 is 0 Å². The van der Waals surface area contributed by atoms with E-state index in [1.807, 2.05) is 32.7 Å². The van der Waals surface area contributed by atoms with Crippen molar-refractivity contribution in [3.05, 3.63) is 30.3 Å². The molecular weight excluding hydrogens is 505 g/mol. The Bertz CT molecular complexity index is 706. The Morgan fingerprint density at radius 3 is 2.19 bits per heavy atom. The van der Waals surface area contributed by atoms with Gasteiger partial charge < -0.3 is 24.8 Å². The van der Waals surface area contributed by atoms with Crippen LogP contribution in [0.2, 0.25) is 0 Å². The lowest BCUT2D eigenvalue weighted by Gasteiger charge is -2.38. The number of aliphatic imine (C=N–C) groups is 1. The minimum atomic E-state index is -0.438. The SMILES string of the molecule is CN=C(NCC1CCN(C(=O)OC(C)(C)C)CC1)N1CCN(c2ccccc2)CC1.I. The van der Waals surface area contributed by atoms with Crippen molar-refractivity contribution in [2.45, 2.75) is 39.2 Å². The number of carbonyl (C=O) groups excluding carboxylic acids is 1. The molecule has 0 radical (unpaired) electrons. The number of nitrogens with zero attached hydrogens (tertiary/aromatic N) is 4. The van der Waals surface area contributed by atoms with Crippen LogP contribution in [0.1, 0.15) is 33.6 Å². The maximum atomic E-state index is 12.2. The second-order valence-electron chi connectivity index (χ2n) is 9.15. The van der Waals surface area contributed by atoms with E-state index in [0.717, 1.165) is 64.6 Å². The van der Waals surface area contributed by atoms with Gasteiger partial charge in [0.2, 0.25) is 0 Å². The highest BCUT2D eigenvalue weighted by Crippen LogP contribution is 2.20. The quantitative estimate of drug-likeness (QED) is 0.359. The third kappa shape index (κ3) is 7.73. The number of amides is 1. The van der Waals surface area contributed by atoms with E-state index < -0.39 is 5.60 Å². The molecule has 1 aromatic rings. The highest BCUT2D eigenvalue weighted by Gasteiger charge is 2.27. The van der Waals surface area contributed by atoms with Gasteiger partial charge in [-0.05, 0) is 51.7 Å². The van der Waals surface area contributed by atoms with Crippen LogP contribution in [0.3, 0.4) is 0 Å². The number of hydrogen-bond acceptors (Lipinski definition) is 4. The van der Waals surface area contributed by atoms with Crippen LogP contribution in [0, 0.1) is 5.92 Å². The number of anilines is 1. The number of ether oxygens (including phenoxy) is 1. The van der Waals surface area contributed by atoms with E-state index in [9.17, 15) is 4.79 Å². The summed E-state index contributed by atoms with van der Waals surface area (Å²) in [4.78, 5) is 23.3. The van der Waals surface area contributed by atoms with Crippen molar-refractivity contribution < 1.29 is 9.53 Å². The summed E-state index contributed by atoms with van der Waals surface area (Å²) in [7, 11) is 1.86. The monoisotopic (exact) mass is 543 g/mol. The molecule has 2 aliphatic heterocycles. The van der Waals surface area contributed by atoms with Gasteiger partial charge in [0, 0.05) is 58.5 Å². The van der Waals surface area contributed by atoms with E-state index in [1.165, 1.54) is 5.69 Å². The number of likely N-dealkylation sites (tertiary alicyclic amines) is 1. The average molecular weight is 543 g/mol. The smallest absolute Gasteiger partial charge is 0.410 e. The second-order valence-corrected chi connectivity index (χ2v) is 9.15. The Kier molecular flexibility index (Phi) is 9.71. The number of hydrogen-bond donors (Lipinski definition) is 1. The molecule has 2 heterocycles. The summed E-state index contributed by atoms with van der Waals surface area (Å²) in [5.41, 5.74) is 0.851. The minimum Gasteiger partial charge on any atom is -0.444 e. The van der Waals surface area contributed by atoms with E-state index in [2.05, 4.69) is 50.4 Å². The van der Waals surface area contributed by atoms with Gasteiger partial charge in [-0.15, -0.1) is 24.0 Å². The van der Waals surface area contributed by atoms with Crippen molar-refractivity contribution in [2.75, 3.05) is 57.8 Å². The summed E-state index contributed by atoms with van der Waals surface area (Å²) in [6, 6.07) is 10.6. The van der Waals surface area contributed by atoms with Gasteiger partial charge in [-0.2, -0.15) is 0 Å². The zero-order chi connectivity index (χ0) is 21.6. The van der Waals surface area contributed by atoms with Crippen LogP contribution in [0.4, 0.5) is 10.5 Å². The first kappa shape index (κ1) is 25.5. The molecule has 2 fully saturated rings. The first-order valence-electron chi connectivity index (χ1n) is 11.1. The molecule has 3 rings (SSSR count). The van der Waals surface area contributed by atoms with Crippen molar-refractivity contribution in [3.8, 4) is 0 Å². The third-order valence-corrected chi connectivity index (χ3v) is 5.73. The standard InChI is InChI=1S/C23H37N5O2.HI/c1-23(2,3)30-22(29)28-12-10-19(11-13-28)18-25-21(24-4)27-16-14-26(15-17-27)20-8-6-5-7-9-20;/h5-9,19H,10-18H2,1-4H3,(H,24,25);1H. The molecular formula is C23H38IN5O2. The Balaban J connectivity index is 0.00000341. The van der Waals surface area contributed by atoms with Crippen molar-refractivity contribution in [1.29, 1.82) is 0 Å². The van der Waals surface area contributed by atoms with Gasteiger partial charge >= 0.3 is 6.09 Å². The number of nitrogens with one attached hydrogen (secondary N) is 1. The molecule has 2 aliphatic rings. The summed E-state index contributed by atoms with van der Waals surface area (Å²) in [5, 5.41) is 3.57. The maximum absolute atomic E-state index is 12.2. The van der Waals surface area contributed by atoms with Gasteiger partial charge in [-0.25, -0.2) is 4.79 Å². The average Bonchev–Trinajstić information content (AvgIpc) is 2.74. The van der Waals surface area contributed by atoms with Gasteiger partial charge in [0.15, 0.2) is 5.96 Å². The van der Waals surface area contributed by atoms with Gasteiger partial charge in [0.1, 0.15) is 5.60 Å². The summed E-state index contributed by atoms with van der Waals surface area (Å²) in [6.45, 7) is 12.1. The fourth-order valence-corrected chi connectivity index (χ4v) is 4.03. The minimum absolute atomic E-state index is 0. The lowest BCUT2D eigenvalue weighted by molar-refractivity contribution is 0.0185. The molecule has 7 nitrogen and oxygen atoms in total. The van der Waals surface area contributed by atoms with E-state index in [-0.39, 0.29) is 30.1 Å². The van der Waals surface area contributed by atoms with Crippen molar-refractivity contribution in [2.24, 2.45) is 10.9 Å². The van der Waals surface area contributed by atoms with Gasteiger partial charge in [-0.1, -0.05) is 18.2 Å². The molecule has 1 N–H and O–H groups in total. The number of benzene rings is 1. The van der Waals surface area contributed by atoms with Crippen LogP contribution in [0.25, 0.3) is 0 Å². The maximum Gasteiger partial charge on any atom is 0.410 e. The van der Waals surface area contributed by atoms with Crippen LogP contribution >= 0.6 is 24.0 Å². The summed E-state index contributed by atoms with van der Waals surface area (Å²) in [5.74, 6) is 1.53. The summed E-state index contributed by atoms with van der Waals surface area (Å²) in [6.07, 6.45) is 1.79. The van der Waals surface area contributed by atoms with Gasteiger partial charge in [0.05, 0.1) is 0 Å². The molecule has 8 heteroatoms. The summed E-state index contributed by atoms with van der Waals surface area (Å²) < 4.78 is 5.49. The molecule has 0 bridgehead atoms. The topological polar surface area (TPSA) is 60.4 Å². The Hall–Kier alpha value is -1.71. The van der Waals surface area contributed by atoms with E-state index in [1.54, 1.807) is 0 Å². The third-order valence-electron chi connectivity index (χ3n) is 5.73. The number of piperidine rings is 1. The molecule has 0 atom stereocenters. The zero-order valence-corrected chi connectivity index (χ0v) is 21.7. The van der Waals surface area contributed by atoms with Crippen LogP contribution in [0.15, 0.2) is 35.3 Å². The Morgan fingerprint density at radius 2 is 1.65 bits per heavy atom. The number of piperazine rings is 1. The van der Waals surface area contributed by atoms with Crippen LogP contribution in [0.5, 0.6) is 0 Å². The Morgan fingerprint density at radius 1 is 1.03 bits per heavy atom. The number of guanidine groups is 1. The number of halogens is 1. The second kappa shape index (κ2) is 11.8. The number of rotatable bonds is 3. The molecule has 0 aliphatic carbocycles. The molecule has 0 aromatic heterocycles. The van der Waals surface area contributed by atoms with Crippen molar-refractivity contribution in [3.63, 3.8) is 0 Å². The molecule has 1 amide bonds. The molecule has 0 spiro atoms. The van der Waals surface area contributed by atoms with Crippen molar-refractivity contribution >= 4 is 41.7 Å². The molecule has 0 saturated carbocycles. The van der Waals surface area contributed by atoms with E-state index in [4.69, 9.17) is 4.74 Å². The van der Waals surface area contributed by atoms with Gasteiger partial charge in [-0.3, -0.25) is 4.99 Å². The molecule has 2 saturated heterocycles. The number of para-hydroxylation sites is 1. The lowest BCUT2D eigenvalue weighted by Crippen LogP contribution is -2.53. The zero-order valence-electron chi connectivity index (χ0n) is 19.3. The van der Waals surface area contributed by atoms with Crippen LogP contribution in [-0.2, 0) is 4.74 Å². The first-order chi connectivity index (χ1) is 14.4. The summed E-state index contributed by atoms with van der Waals surface area (Å²) >= 11 is 0. The predicted octanol–water partition coefficient (Wildman–Crippen LogP) is 3.65. The first-order valence-corrected chi connectivity index (χ1v) is 11.1. The van der Waals surface area contributed by atoms with Crippen molar-refractivity contribution in [1.82, 2.24) is 15.1 Å². The normalized spacial score (nSPS) is 18.5. The highest BCUT2D eigenvalue weighted by atomic mass is 127. The molecule has 0 unspecified atom stereocenters. The number of carbonyl (C=O) groups is 1. The highest BCUT2D eigenvalue weighted by molar-refractivity contribution is 14.0. The largest absolute Gasteiger partial charge is 0.444 e.